The van der Waals surface area contributed by atoms with Gasteiger partial charge < -0.3 is 11.1 Å². The molecule has 7 nitrogen and oxygen atoms in total. The minimum absolute atomic E-state index is 0.00202. The Bertz CT molecular complexity index is 1290. The Morgan fingerprint density at radius 3 is 2.44 bits per heavy atom. The fourth-order valence-electron chi connectivity index (χ4n) is 4.11. The summed E-state index contributed by atoms with van der Waals surface area (Å²) < 4.78 is 18.1. The van der Waals surface area contributed by atoms with Gasteiger partial charge in [0.05, 0.1) is 18.1 Å². The zero-order valence-electron chi connectivity index (χ0n) is 17.4. The topological polar surface area (TPSA) is 98.7 Å². The molecule has 32 heavy (non-hydrogen) atoms. The molecule has 160 valence electrons. The average molecular weight is 428 g/mol. The van der Waals surface area contributed by atoms with Gasteiger partial charge in [-0.15, -0.1) is 0 Å². The molecule has 1 fully saturated rings. The van der Waals surface area contributed by atoms with Gasteiger partial charge in [0, 0.05) is 30.8 Å². The van der Waals surface area contributed by atoms with Crippen LogP contribution in [0.1, 0.15) is 28.0 Å². The molecule has 2 heterocycles. The molecule has 0 saturated heterocycles. The molecule has 3 N–H and O–H groups in total. The molecule has 2 aromatic carbocycles. The summed E-state index contributed by atoms with van der Waals surface area (Å²) in [7, 11) is 1.79. The molecule has 4 aromatic rings. The quantitative estimate of drug-likeness (QED) is 0.508. The van der Waals surface area contributed by atoms with Crippen LogP contribution in [0.2, 0.25) is 0 Å². The lowest BCUT2D eigenvalue weighted by Gasteiger charge is -2.23. The molecule has 0 aliphatic heterocycles. The van der Waals surface area contributed by atoms with E-state index in [1.54, 1.807) is 72.7 Å². The highest BCUT2D eigenvalue weighted by Gasteiger charge is 2.73. The second-order valence-electron chi connectivity index (χ2n) is 7.96. The van der Waals surface area contributed by atoms with Crippen LogP contribution in [0.25, 0.3) is 11.3 Å². The number of amides is 1. The van der Waals surface area contributed by atoms with Crippen molar-refractivity contribution in [3.05, 3.63) is 96.1 Å². The second-order valence-corrected chi connectivity index (χ2v) is 7.96. The SMILES string of the molecule is Cn1cc(-c2cnc(N)c(C3(NC(=O)c4ccccc4)CC3(F)c3ccccc3)n2)cn1. The molecule has 1 saturated carbocycles. The number of alkyl halides is 1. The van der Waals surface area contributed by atoms with E-state index in [4.69, 9.17) is 5.73 Å². The van der Waals surface area contributed by atoms with Crippen LogP contribution in [-0.2, 0) is 18.3 Å². The number of halogens is 1. The van der Waals surface area contributed by atoms with E-state index in [0.717, 1.165) is 5.56 Å². The lowest BCUT2D eigenvalue weighted by molar-refractivity contribution is 0.0904. The van der Waals surface area contributed by atoms with Crippen molar-refractivity contribution in [3.63, 3.8) is 0 Å². The second kappa shape index (κ2) is 7.26. The molecule has 8 heteroatoms. The van der Waals surface area contributed by atoms with Gasteiger partial charge in [0.15, 0.2) is 5.67 Å². The lowest BCUT2D eigenvalue weighted by Crippen LogP contribution is -2.41. The summed E-state index contributed by atoms with van der Waals surface area (Å²) >= 11 is 0. The van der Waals surface area contributed by atoms with Crippen molar-refractivity contribution in [2.75, 3.05) is 5.73 Å². The maximum Gasteiger partial charge on any atom is 0.252 e. The number of carbonyl (C=O) groups is 1. The monoisotopic (exact) mass is 428 g/mol. The van der Waals surface area contributed by atoms with E-state index in [9.17, 15) is 4.79 Å². The Hall–Kier alpha value is -4.07. The van der Waals surface area contributed by atoms with Gasteiger partial charge in [0.25, 0.3) is 5.91 Å². The van der Waals surface area contributed by atoms with E-state index >= 15 is 4.39 Å². The number of aromatic nitrogens is 4. The predicted molar refractivity (Wildman–Crippen MR) is 118 cm³/mol. The van der Waals surface area contributed by atoms with E-state index in [0.29, 0.717) is 16.8 Å². The number of benzene rings is 2. The third-order valence-electron chi connectivity index (χ3n) is 5.86. The summed E-state index contributed by atoms with van der Waals surface area (Å²) in [4.78, 5) is 22.0. The number of hydrogen-bond acceptors (Lipinski definition) is 5. The molecule has 0 radical (unpaired) electrons. The van der Waals surface area contributed by atoms with Crippen molar-refractivity contribution >= 4 is 11.7 Å². The number of nitrogen functional groups attached to an aromatic ring is 1. The van der Waals surface area contributed by atoms with Crippen LogP contribution < -0.4 is 11.1 Å². The summed E-state index contributed by atoms with van der Waals surface area (Å²) in [6.07, 6.45) is 4.95. The van der Waals surface area contributed by atoms with Crippen LogP contribution in [0.5, 0.6) is 0 Å². The maximum absolute atomic E-state index is 16.5. The zero-order valence-corrected chi connectivity index (χ0v) is 17.4. The minimum atomic E-state index is -1.88. The van der Waals surface area contributed by atoms with Crippen molar-refractivity contribution in [2.45, 2.75) is 17.6 Å². The number of hydrogen-bond donors (Lipinski definition) is 2. The number of nitrogens with two attached hydrogens (primary N) is 1. The number of aryl methyl sites for hydroxylation is 1. The molecule has 0 bridgehead atoms. The standard InChI is InChI=1S/C24H21FN6O/c1-31-14-17(12-28-31)19-13-27-21(26)20(29-19)24(30-22(32)16-8-4-2-5-9-16)15-23(24,25)18-10-6-3-7-11-18/h2-14H,15H2,1H3,(H2,26,27)(H,30,32). The molecule has 0 spiro atoms. The highest BCUT2D eigenvalue weighted by atomic mass is 19.1. The van der Waals surface area contributed by atoms with E-state index in [1.165, 1.54) is 6.20 Å². The van der Waals surface area contributed by atoms with Gasteiger partial charge >= 0.3 is 0 Å². The summed E-state index contributed by atoms with van der Waals surface area (Å²) in [5.74, 6) is -0.338. The average Bonchev–Trinajstić information content (AvgIpc) is 3.18. The van der Waals surface area contributed by atoms with E-state index in [2.05, 4.69) is 20.4 Å². The first-order chi connectivity index (χ1) is 15.4. The summed E-state index contributed by atoms with van der Waals surface area (Å²) in [5.41, 5.74) is 5.16. The number of rotatable bonds is 5. The lowest BCUT2D eigenvalue weighted by atomic mass is 9.99. The number of carbonyl (C=O) groups excluding carboxylic acids is 1. The molecule has 2 unspecified atom stereocenters. The third-order valence-corrected chi connectivity index (χ3v) is 5.86. The van der Waals surface area contributed by atoms with Crippen LogP contribution in [0.15, 0.2) is 79.3 Å². The third kappa shape index (κ3) is 3.11. The fraction of sp³-hybridized carbons (Fsp3) is 0.167. The maximum atomic E-state index is 16.5. The van der Waals surface area contributed by atoms with Crippen molar-refractivity contribution in [1.82, 2.24) is 25.1 Å². The summed E-state index contributed by atoms with van der Waals surface area (Å²) in [6.45, 7) is 0. The van der Waals surface area contributed by atoms with Gasteiger partial charge in [0.1, 0.15) is 17.1 Å². The van der Waals surface area contributed by atoms with Gasteiger partial charge in [-0.25, -0.2) is 14.4 Å². The van der Waals surface area contributed by atoms with Crippen molar-refractivity contribution < 1.29 is 9.18 Å². The van der Waals surface area contributed by atoms with Crippen LogP contribution in [0.3, 0.4) is 0 Å². The fourth-order valence-corrected chi connectivity index (χ4v) is 4.11. The molecule has 1 aliphatic carbocycles. The highest BCUT2D eigenvalue weighted by Crippen LogP contribution is 2.65. The largest absolute Gasteiger partial charge is 0.382 e. The van der Waals surface area contributed by atoms with E-state index in [1.807, 2.05) is 12.1 Å². The van der Waals surface area contributed by atoms with Gasteiger partial charge in [-0.1, -0.05) is 48.5 Å². The van der Waals surface area contributed by atoms with Gasteiger partial charge in [0.2, 0.25) is 0 Å². The molecule has 1 amide bonds. The Morgan fingerprint density at radius 2 is 1.78 bits per heavy atom. The summed E-state index contributed by atoms with van der Waals surface area (Å²) in [5, 5.41) is 7.06. The van der Waals surface area contributed by atoms with Crippen LogP contribution >= 0.6 is 0 Å². The molecular formula is C24H21FN6O. The zero-order chi connectivity index (χ0) is 22.3. The normalized spacial score (nSPS) is 21.8. The smallest absolute Gasteiger partial charge is 0.252 e. The van der Waals surface area contributed by atoms with E-state index < -0.39 is 17.1 Å². The number of nitrogens with one attached hydrogen (secondary N) is 1. The van der Waals surface area contributed by atoms with Gasteiger partial charge in [-0.05, 0) is 17.7 Å². The predicted octanol–water partition coefficient (Wildman–Crippen LogP) is 3.35. The molecule has 2 aromatic heterocycles. The van der Waals surface area contributed by atoms with Gasteiger partial charge in [-0.2, -0.15) is 5.10 Å². The van der Waals surface area contributed by atoms with Crippen molar-refractivity contribution in [1.29, 1.82) is 0 Å². The molecule has 1 aliphatic rings. The van der Waals surface area contributed by atoms with Crippen molar-refractivity contribution in [2.24, 2.45) is 7.05 Å². The number of nitrogens with zero attached hydrogens (tertiary/aromatic N) is 4. The molecule has 5 rings (SSSR count). The summed E-state index contributed by atoms with van der Waals surface area (Å²) in [6, 6.07) is 17.4. The Kier molecular flexibility index (Phi) is 4.51. The Labute approximate surface area is 184 Å². The van der Waals surface area contributed by atoms with Crippen LogP contribution in [-0.4, -0.2) is 25.7 Å². The minimum Gasteiger partial charge on any atom is -0.382 e. The Morgan fingerprint density at radius 1 is 1.09 bits per heavy atom. The first-order valence-corrected chi connectivity index (χ1v) is 10.2. The number of anilines is 1. The molecular weight excluding hydrogens is 407 g/mol. The molecule has 2 atom stereocenters. The van der Waals surface area contributed by atoms with Gasteiger partial charge in [-0.3, -0.25) is 9.48 Å². The first kappa shape index (κ1) is 19.9. The first-order valence-electron chi connectivity index (χ1n) is 10.2. The van der Waals surface area contributed by atoms with Crippen molar-refractivity contribution in [3.8, 4) is 11.3 Å². The highest BCUT2D eigenvalue weighted by molar-refractivity contribution is 5.95. The van der Waals surface area contributed by atoms with E-state index in [-0.39, 0.29) is 17.9 Å². The van der Waals surface area contributed by atoms with Crippen LogP contribution in [0.4, 0.5) is 10.2 Å². The Balaban J connectivity index is 1.62. The van der Waals surface area contributed by atoms with Crippen LogP contribution in [0, 0.1) is 0 Å².